The highest BCUT2D eigenvalue weighted by Crippen LogP contribution is 2.31. The molecular formula is C9H12ClFN2O3. The van der Waals surface area contributed by atoms with Gasteiger partial charge in [-0.3, -0.25) is 4.79 Å². The maximum atomic E-state index is 12.9. The maximum Gasteiger partial charge on any atom is 0.327 e. The first-order valence-electron chi connectivity index (χ1n) is 4.09. The number of esters is 1. The largest absolute Gasteiger partial charge is 0.505 e. The van der Waals surface area contributed by atoms with Gasteiger partial charge in [-0.2, -0.15) is 0 Å². The molecule has 5 nitrogen and oxygen atoms in total. The molecule has 0 aliphatic rings. The Hall–Kier alpha value is -1.53. The van der Waals surface area contributed by atoms with Crippen molar-refractivity contribution < 1.29 is 19.0 Å². The Morgan fingerprint density at radius 1 is 1.56 bits per heavy atom. The second-order valence-electron chi connectivity index (χ2n) is 2.90. The van der Waals surface area contributed by atoms with E-state index in [1.54, 1.807) is 0 Å². The number of aromatic hydroxyl groups is 1. The molecule has 0 saturated heterocycles. The van der Waals surface area contributed by atoms with Crippen LogP contribution in [0.5, 0.6) is 5.75 Å². The Kier molecular flexibility index (Phi) is 5.00. The van der Waals surface area contributed by atoms with Crippen molar-refractivity contribution in [3.8, 4) is 5.75 Å². The normalized spacial score (nSPS) is 11.4. The zero-order valence-electron chi connectivity index (χ0n) is 8.44. The van der Waals surface area contributed by atoms with Crippen molar-refractivity contribution in [1.82, 2.24) is 0 Å². The lowest BCUT2D eigenvalue weighted by atomic mass is 10.1. The third-order valence-electron chi connectivity index (χ3n) is 1.99. The molecule has 0 spiro atoms. The van der Waals surface area contributed by atoms with Crippen LogP contribution in [-0.2, 0) is 9.53 Å². The van der Waals surface area contributed by atoms with Gasteiger partial charge in [-0.05, 0) is 6.07 Å². The molecule has 1 rings (SSSR count). The van der Waals surface area contributed by atoms with Gasteiger partial charge in [-0.1, -0.05) is 6.07 Å². The summed E-state index contributed by atoms with van der Waals surface area (Å²) in [5.74, 6) is -2.04. The lowest BCUT2D eigenvalue weighted by Gasteiger charge is -2.12. The van der Waals surface area contributed by atoms with E-state index in [0.717, 1.165) is 13.2 Å². The number of phenolic OH excluding ortho intramolecular Hbond substituents is 1. The number of nitrogens with two attached hydrogens (primary N) is 2. The average Bonchev–Trinajstić information content (AvgIpc) is 2.24. The summed E-state index contributed by atoms with van der Waals surface area (Å²) in [4.78, 5) is 11.1. The Bertz CT molecular complexity index is 401. The number of anilines is 1. The highest BCUT2D eigenvalue weighted by atomic mass is 35.5. The molecule has 1 atom stereocenters. The van der Waals surface area contributed by atoms with E-state index in [1.807, 2.05) is 0 Å². The van der Waals surface area contributed by atoms with E-state index in [4.69, 9.17) is 11.5 Å². The lowest BCUT2D eigenvalue weighted by Crippen LogP contribution is -2.23. The molecule has 0 heterocycles. The van der Waals surface area contributed by atoms with Crippen LogP contribution in [0.4, 0.5) is 10.1 Å². The number of nitrogen functional groups attached to an aromatic ring is 1. The van der Waals surface area contributed by atoms with Crippen LogP contribution in [0.1, 0.15) is 11.6 Å². The average molecular weight is 251 g/mol. The van der Waals surface area contributed by atoms with Gasteiger partial charge in [0.25, 0.3) is 0 Å². The molecule has 0 aromatic heterocycles. The summed E-state index contributed by atoms with van der Waals surface area (Å²) in [6, 6.07) is 1.02. The highest BCUT2D eigenvalue weighted by Gasteiger charge is 2.22. The minimum atomic E-state index is -1.18. The summed E-state index contributed by atoms with van der Waals surface area (Å²) in [5.41, 5.74) is 10.3. The van der Waals surface area contributed by atoms with Crippen LogP contribution in [0.25, 0.3) is 0 Å². The predicted molar refractivity (Wildman–Crippen MR) is 58.7 cm³/mol. The smallest absolute Gasteiger partial charge is 0.327 e. The number of methoxy groups -OCH3 is 1. The van der Waals surface area contributed by atoms with Gasteiger partial charge in [-0.15, -0.1) is 12.4 Å². The molecule has 90 valence electrons. The number of phenols is 1. The van der Waals surface area contributed by atoms with E-state index >= 15 is 0 Å². The third kappa shape index (κ3) is 2.53. The number of carbonyl (C=O) groups is 1. The third-order valence-corrected chi connectivity index (χ3v) is 1.99. The van der Waals surface area contributed by atoms with Crippen molar-refractivity contribution in [3.05, 3.63) is 23.5 Å². The number of rotatable bonds is 2. The van der Waals surface area contributed by atoms with Crippen molar-refractivity contribution >= 4 is 24.1 Å². The molecule has 0 amide bonds. The van der Waals surface area contributed by atoms with Gasteiger partial charge in [0, 0.05) is 5.56 Å². The summed E-state index contributed by atoms with van der Waals surface area (Å²) >= 11 is 0. The zero-order chi connectivity index (χ0) is 11.6. The Morgan fingerprint density at radius 3 is 2.62 bits per heavy atom. The van der Waals surface area contributed by atoms with Crippen molar-refractivity contribution in [3.63, 3.8) is 0 Å². The fraction of sp³-hybridized carbons (Fsp3) is 0.222. The maximum absolute atomic E-state index is 12.9. The quantitative estimate of drug-likeness (QED) is 0.408. The minimum absolute atomic E-state index is 0. The Balaban J connectivity index is 0.00000225. The molecule has 1 aromatic rings. The van der Waals surface area contributed by atoms with Gasteiger partial charge in [0.15, 0.2) is 0 Å². The first-order valence-corrected chi connectivity index (χ1v) is 4.09. The molecular weight excluding hydrogens is 239 g/mol. The van der Waals surface area contributed by atoms with Crippen LogP contribution in [0, 0.1) is 5.82 Å². The SMILES string of the molecule is COC(=O)[C@@H](N)c1ccc(F)c(N)c1O.Cl. The standard InChI is InChI=1S/C9H11FN2O3.ClH/c1-15-9(14)6(11)4-2-3-5(10)7(12)8(4)13;/h2-3,6,13H,11-12H2,1H3;1H/t6-;/m0./s1. The van der Waals surface area contributed by atoms with Crippen molar-refractivity contribution in [2.75, 3.05) is 12.8 Å². The number of hydrogen-bond donors (Lipinski definition) is 3. The zero-order valence-corrected chi connectivity index (χ0v) is 9.25. The van der Waals surface area contributed by atoms with Gasteiger partial charge in [0.1, 0.15) is 23.3 Å². The van der Waals surface area contributed by atoms with Crippen LogP contribution in [0.3, 0.4) is 0 Å². The number of benzene rings is 1. The van der Waals surface area contributed by atoms with Gasteiger partial charge in [0.05, 0.1) is 7.11 Å². The van der Waals surface area contributed by atoms with E-state index in [1.165, 1.54) is 6.07 Å². The molecule has 0 saturated carbocycles. The number of hydrogen-bond acceptors (Lipinski definition) is 5. The summed E-state index contributed by atoms with van der Waals surface area (Å²) in [5, 5.41) is 9.44. The highest BCUT2D eigenvalue weighted by molar-refractivity contribution is 5.85. The van der Waals surface area contributed by atoms with Gasteiger partial charge >= 0.3 is 5.97 Å². The number of carbonyl (C=O) groups excluding carboxylic acids is 1. The first-order chi connectivity index (χ1) is 6.99. The lowest BCUT2D eigenvalue weighted by molar-refractivity contribution is -0.142. The number of ether oxygens (including phenoxy) is 1. The molecule has 1 aromatic carbocycles. The molecule has 0 bridgehead atoms. The van der Waals surface area contributed by atoms with Crippen LogP contribution in [-0.4, -0.2) is 18.2 Å². The van der Waals surface area contributed by atoms with E-state index in [9.17, 15) is 14.3 Å². The van der Waals surface area contributed by atoms with Crippen LogP contribution in [0.2, 0.25) is 0 Å². The Labute approximate surface area is 97.6 Å². The summed E-state index contributed by atoms with van der Waals surface area (Å²) in [7, 11) is 1.16. The van der Waals surface area contributed by atoms with Gasteiger partial charge in [-0.25, -0.2) is 4.39 Å². The van der Waals surface area contributed by atoms with Crippen LogP contribution in [0.15, 0.2) is 12.1 Å². The number of halogens is 2. The van der Waals surface area contributed by atoms with E-state index in [2.05, 4.69) is 4.74 Å². The monoisotopic (exact) mass is 250 g/mol. The second kappa shape index (κ2) is 5.53. The summed E-state index contributed by atoms with van der Waals surface area (Å²) < 4.78 is 17.2. The minimum Gasteiger partial charge on any atom is -0.505 e. The van der Waals surface area contributed by atoms with Crippen molar-refractivity contribution in [2.45, 2.75) is 6.04 Å². The molecule has 7 heteroatoms. The molecule has 0 fully saturated rings. The summed E-state index contributed by atoms with van der Waals surface area (Å²) in [6.45, 7) is 0. The molecule has 0 unspecified atom stereocenters. The molecule has 0 radical (unpaired) electrons. The Morgan fingerprint density at radius 2 is 2.12 bits per heavy atom. The van der Waals surface area contributed by atoms with Crippen molar-refractivity contribution in [2.24, 2.45) is 5.73 Å². The molecule has 0 aliphatic heterocycles. The van der Waals surface area contributed by atoms with Crippen LogP contribution < -0.4 is 11.5 Å². The van der Waals surface area contributed by atoms with E-state index < -0.39 is 29.3 Å². The topological polar surface area (TPSA) is 98.6 Å². The predicted octanol–water partition coefficient (Wildman–Crippen LogP) is 0.708. The van der Waals surface area contributed by atoms with E-state index in [-0.39, 0.29) is 18.0 Å². The van der Waals surface area contributed by atoms with E-state index in [0.29, 0.717) is 0 Å². The van der Waals surface area contributed by atoms with Crippen LogP contribution >= 0.6 is 12.4 Å². The first kappa shape index (κ1) is 14.5. The summed E-state index contributed by atoms with van der Waals surface area (Å²) in [6.07, 6.45) is 0. The molecule has 5 N–H and O–H groups in total. The van der Waals surface area contributed by atoms with Gasteiger partial charge < -0.3 is 21.3 Å². The second-order valence-corrected chi connectivity index (χ2v) is 2.90. The molecule has 0 aliphatic carbocycles. The fourth-order valence-corrected chi connectivity index (χ4v) is 1.11. The molecule has 16 heavy (non-hydrogen) atoms. The fourth-order valence-electron chi connectivity index (χ4n) is 1.11. The van der Waals surface area contributed by atoms with Crippen molar-refractivity contribution in [1.29, 1.82) is 0 Å². The van der Waals surface area contributed by atoms with Gasteiger partial charge in [0.2, 0.25) is 0 Å².